The lowest BCUT2D eigenvalue weighted by Crippen LogP contribution is -2.57. The van der Waals surface area contributed by atoms with Crippen molar-refractivity contribution in [1.82, 2.24) is 31.5 Å². The Morgan fingerprint density at radius 3 is 2.00 bits per heavy atom. The van der Waals surface area contributed by atoms with Crippen molar-refractivity contribution in [3.05, 3.63) is 102 Å². The average Bonchev–Trinajstić information content (AvgIpc) is 3.47. The summed E-state index contributed by atoms with van der Waals surface area (Å²) in [5.41, 5.74) is 2.44. The SMILES string of the molecule is CC(C)[C@H](NC(=O)[C@H](C)NC(=O)[C@H](Cc1ccccc1)NC(=O)c1n[nH]c2ccccc12)C(=O)C(=O)NCc1ccccc1. The standard InChI is InChI=1S/C33H36N6O5/c1-20(2)27(29(40)33(44)34-19-23-14-8-5-9-15-23)37-30(41)21(3)35-31(42)26(18-22-12-6-4-7-13-22)36-32(43)28-24-16-10-11-17-25(24)38-39-28/h4-17,20-21,26-27H,18-19H2,1-3H3,(H,34,44)(H,35,42)(H,36,43)(H,37,41)(H,38,39)/t21-,26-,27-/m0/s1. The highest BCUT2D eigenvalue weighted by Crippen LogP contribution is 2.15. The van der Waals surface area contributed by atoms with Crippen molar-refractivity contribution in [2.45, 2.75) is 51.9 Å². The van der Waals surface area contributed by atoms with E-state index in [-0.39, 0.29) is 18.7 Å². The first-order chi connectivity index (χ1) is 21.1. The molecule has 0 spiro atoms. The van der Waals surface area contributed by atoms with Crippen LogP contribution in [-0.2, 0) is 32.1 Å². The van der Waals surface area contributed by atoms with Crippen LogP contribution in [-0.4, -0.2) is 57.7 Å². The normalized spacial score (nSPS) is 13.0. The lowest BCUT2D eigenvalue weighted by atomic mass is 9.98. The lowest BCUT2D eigenvalue weighted by molar-refractivity contribution is -0.141. The third-order valence-corrected chi connectivity index (χ3v) is 7.11. The van der Waals surface area contributed by atoms with Crippen LogP contribution < -0.4 is 21.3 Å². The van der Waals surface area contributed by atoms with Gasteiger partial charge in [0.15, 0.2) is 5.69 Å². The Hall–Kier alpha value is -5.32. The predicted octanol–water partition coefficient (Wildman–Crippen LogP) is 2.44. The van der Waals surface area contributed by atoms with Crippen LogP contribution in [0, 0.1) is 5.92 Å². The first-order valence-corrected chi connectivity index (χ1v) is 14.4. The molecule has 4 amide bonds. The van der Waals surface area contributed by atoms with Gasteiger partial charge in [0, 0.05) is 18.4 Å². The van der Waals surface area contributed by atoms with E-state index < -0.39 is 53.5 Å². The second-order valence-corrected chi connectivity index (χ2v) is 10.8. The topological polar surface area (TPSA) is 162 Å². The van der Waals surface area contributed by atoms with Gasteiger partial charge in [-0.1, -0.05) is 92.7 Å². The number of aromatic nitrogens is 2. The van der Waals surface area contributed by atoms with Gasteiger partial charge in [-0.25, -0.2) is 0 Å². The Morgan fingerprint density at radius 2 is 1.34 bits per heavy atom. The van der Waals surface area contributed by atoms with Crippen LogP contribution >= 0.6 is 0 Å². The van der Waals surface area contributed by atoms with E-state index in [9.17, 15) is 24.0 Å². The molecular weight excluding hydrogens is 560 g/mol. The molecule has 11 heteroatoms. The Balaban J connectivity index is 1.41. The number of nitrogens with zero attached hydrogens (tertiary/aromatic N) is 1. The molecule has 0 fully saturated rings. The third-order valence-electron chi connectivity index (χ3n) is 7.11. The van der Waals surface area contributed by atoms with E-state index >= 15 is 0 Å². The summed E-state index contributed by atoms with van der Waals surface area (Å²) in [6.07, 6.45) is 0.157. The lowest BCUT2D eigenvalue weighted by Gasteiger charge is -2.24. The number of rotatable bonds is 13. The Labute approximate surface area is 255 Å². The van der Waals surface area contributed by atoms with Gasteiger partial charge in [0.05, 0.1) is 11.6 Å². The Morgan fingerprint density at radius 1 is 0.727 bits per heavy atom. The minimum Gasteiger partial charge on any atom is -0.345 e. The fourth-order valence-electron chi connectivity index (χ4n) is 4.62. The zero-order chi connectivity index (χ0) is 31.6. The van der Waals surface area contributed by atoms with Crippen molar-refractivity contribution in [2.75, 3.05) is 0 Å². The Kier molecular flexibility index (Phi) is 10.6. The minimum atomic E-state index is -1.11. The molecule has 0 saturated heterocycles. The summed E-state index contributed by atoms with van der Waals surface area (Å²) in [5, 5.41) is 18.1. The van der Waals surface area contributed by atoms with Crippen LogP contribution in [0.2, 0.25) is 0 Å². The molecule has 11 nitrogen and oxygen atoms in total. The van der Waals surface area contributed by atoms with E-state index in [0.29, 0.717) is 10.9 Å². The van der Waals surface area contributed by atoms with Crippen molar-refractivity contribution in [3.63, 3.8) is 0 Å². The average molecular weight is 597 g/mol. The van der Waals surface area contributed by atoms with Gasteiger partial charge in [0.25, 0.3) is 11.8 Å². The number of amides is 4. The highest BCUT2D eigenvalue weighted by atomic mass is 16.2. The van der Waals surface area contributed by atoms with Gasteiger partial charge < -0.3 is 21.3 Å². The number of hydrogen-bond donors (Lipinski definition) is 5. The predicted molar refractivity (Wildman–Crippen MR) is 165 cm³/mol. The van der Waals surface area contributed by atoms with E-state index in [1.54, 1.807) is 32.0 Å². The number of fused-ring (bicyclic) bond motifs is 1. The van der Waals surface area contributed by atoms with Crippen LogP contribution in [0.1, 0.15) is 42.4 Å². The van der Waals surface area contributed by atoms with E-state index in [4.69, 9.17) is 0 Å². The number of H-pyrrole nitrogens is 1. The molecular formula is C33H36N6O5. The molecule has 5 N–H and O–H groups in total. The maximum atomic E-state index is 13.4. The van der Waals surface area contributed by atoms with E-state index in [0.717, 1.165) is 11.1 Å². The quantitative estimate of drug-likeness (QED) is 0.149. The van der Waals surface area contributed by atoms with Crippen molar-refractivity contribution in [1.29, 1.82) is 0 Å². The molecule has 0 unspecified atom stereocenters. The molecule has 0 aliphatic rings. The van der Waals surface area contributed by atoms with Gasteiger partial charge in [-0.3, -0.25) is 29.1 Å². The van der Waals surface area contributed by atoms with Crippen molar-refractivity contribution < 1.29 is 24.0 Å². The number of benzene rings is 3. The summed E-state index contributed by atoms with van der Waals surface area (Å²) in [7, 11) is 0. The molecule has 0 bridgehead atoms. The Bertz CT molecular complexity index is 1620. The molecule has 44 heavy (non-hydrogen) atoms. The van der Waals surface area contributed by atoms with Gasteiger partial charge in [-0.15, -0.1) is 0 Å². The zero-order valence-electron chi connectivity index (χ0n) is 24.8. The number of ketones is 1. The molecule has 0 radical (unpaired) electrons. The van der Waals surface area contributed by atoms with Crippen LogP contribution in [0.15, 0.2) is 84.9 Å². The van der Waals surface area contributed by atoms with Crippen LogP contribution in [0.3, 0.4) is 0 Å². The summed E-state index contributed by atoms with van der Waals surface area (Å²) in [4.78, 5) is 65.4. The van der Waals surface area contributed by atoms with Crippen molar-refractivity contribution >= 4 is 40.3 Å². The highest BCUT2D eigenvalue weighted by molar-refractivity contribution is 6.38. The second-order valence-electron chi connectivity index (χ2n) is 10.8. The van der Waals surface area contributed by atoms with Gasteiger partial charge in [-0.2, -0.15) is 5.10 Å². The largest absolute Gasteiger partial charge is 0.345 e. The number of aromatic amines is 1. The van der Waals surface area contributed by atoms with Gasteiger partial charge >= 0.3 is 0 Å². The molecule has 0 aliphatic carbocycles. The third kappa shape index (κ3) is 8.15. The van der Waals surface area contributed by atoms with Gasteiger partial charge in [-0.05, 0) is 30.0 Å². The second kappa shape index (κ2) is 14.7. The summed E-state index contributed by atoms with van der Waals surface area (Å²) in [6, 6.07) is 22.2. The van der Waals surface area contributed by atoms with E-state index in [1.165, 1.54) is 6.92 Å². The smallest absolute Gasteiger partial charge is 0.289 e. The van der Waals surface area contributed by atoms with Crippen LogP contribution in [0.5, 0.6) is 0 Å². The monoisotopic (exact) mass is 596 g/mol. The number of hydrogen-bond acceptors (Lipinski definition) is 6. The van der Waals surface area contributed by atoms with Crippen LogP contribution in [0.25, 0.3) is 10.9 Å². The summed E-state index contributed by atoms with van der Waals surface area (Å²) < 4.78 is 0. The summed E-state index contributed by atoms with van der Waals surface area (Å²) in [5.74, 6) is -3.81. The van der Waals surface area contributed by atoms with Gasteiger partial charge in [0.1, 0.15) is 12.1 Å². The number of carbonyl (C=O) groups excluding carboxylic acids is 5. The van der Waals surface area contributed by atoms with E-state index in [1.807, 2.05) is 66.7 Å². The molecule has 4 aromatic rings. The molecule has 228 valence electrons. The number of carbonyl (C=O) groups is 5. The molecule has 3 aromatic carbocycles. The maximum Gasteiger partial charge on any atom is 0.289 e. The van der Waals surface area contributed by atoms with Crippen molar-refractivity contribution in [3.8, 4) is 0 Å². The molecule has 0 aliphatic heterocycles. The fraction of sp³-hybridized carbons (Fsp3) is 0.273. The number of para-hydroxylation sites is 1. The maximum absolute atomic E-state index is 13.4. The summed E-state index contributed by atoms with van der Waals surface area (Å²) >= 11 is 0. The summed E-state index contributed by atoms with van der Waals surface area (Å²) in [6.45, 7) is 5.05. The highest BCUT2D eigenvalue weighted by Gasteiger charge is 2.32. The van der Waals surface area contributed by atoms with E-state index in [2.05, 4.69) is 31.5 Å². The first kappa shape index (κ1) is 31.6. The number of nitrogens with one attached hydrogen (secondary N) is 5. The molecule has 1 aromatic heterocycles. The van der Waals surface area contributed by atoms with Crippen molar-refractivity contribution in [2.24, 2.45) is 5.92 Å². The molecule has 4 rings (SSSR count). The molecule has 1 heterocycles. The first-order valence-electron chi connectivity index (χ1n) is 14.4. The zero-order valence-corrected chi connectivity index (χ0v) is 24.8. The van der Waals surface area contributed by atoms with Gasteiger partial charge in [0.2, 0.25) is 17.6 Å². The number of Topliss-reactive ketones (excluding diaryl/α,β-unsaturated/α-hetero) is 1. The van der Waals surface area contributed by atoms with Crippen LogP contribution in [0.4, 0.5) is 0 Å². The molecule has 0 saturated carbocycles. The minimum absolute atomic E-state index is 0.140. The fourth-order valence-corrected chi connectivity index (χ4v) is 4.62. The molecule has 3 atom stereocenters.